The van der Waals surface area contributed by atoms with Crippen molar-refractivity contribution < 1.29 is 39.5 Å². The van der Waals surface area contributed by atoms with Gasteiger partial charge in [0.1, 0.15) is 17.1 Å². The Hall–Kier alpha value is -1.52. The second-order valence-corrected chi connectivity index (χ2v) is 14.2. The smallest absolute Gasteiger partial charge is 0.339 e. The summed E-state index contributed by atoms with van der Waals surface area (Å²) in [6, 6.07) is 1.69. The highest BCUT2D eigenvalue weighted by atomic mass is 79.9. The molecule has 3 rings (SSSR count). The number of aromatic hydroxyl groups is 1. The van der Waals surface area contributed by atoms with Crippen LogP contribution in [-0.4, -0.2) is 67.8 Å². The molecule has 0 radical (unpaired) electrons. The van der Waals surface area contributed by atoms with Crippen molar-refractivity contribution in [3.8, 4) is 5.75 Å². The zero-order valence-electron chi connectivity index (χ0n) is 27.2. The van der Waals surface area contributed by atoms with Crippen LogP contribution in [0.3, 0.4) is 0 Å². The number of aliphatic hydroxyl groups excluding tert-OH is 2. The molecule has 0 bridgehead atoms. The molecule has 0 aliphatic carbocycles. The molecule has 2 heterocycles. The zero-order chi connectivity index (χ0) is 32.4. The Morgan fingerprint density at radius 1 is 1.12 bits per heavy atom. The lowest BCUT2D eigenvalue weighted by atomic mass is 9.77. The summed E-state index contributed by atoms with van der Waals surface area (Å²) in [5.41, 5.74) is -0.279. The van der Waals surface area contributed by atoms with E-state index in [1.54, 1.807) is 26.8 Å². The summed E-state index contributed by atoms with van der Waals surface area (Å²) in [5, 5.41) is 41.9. The van der Waals surface area contributed by atoms with Crippen molar-refractivity contribution in [2.75, 3.05) is 0 Å². The van der Waals surface area contributed by atoms with Crippen LogP contribution in [0.2, 0.25) is 0 Å². The van der Waals surface area contributed by atoms with E-state index >= 15 is 0 Å². The number of aromatic carboxylic acids is 1. The molecule has 0 spiro atoms. The van der Waals surface area contributed by atoms with E-state index in [-0.39, 0.29) is 47.1 Å². The Balaban J connectivity index is 1.72. The number of halogens is 1. The van der Waals surface area contributed by atoms with Crippen LogP contribution in [0.25, 0.3) is 0 Å². The van der Waals surface area contributed by atoms with Gasteiger partial charge in [-0.25, -0.2) is 4.79 Å². The van der Waals surface area contributed by atoms with Crippen molar-refractivity contribution in [3.05, 3.63) is 27.2 Å². The summed E-state index contributed by atoms with van der Waals surface area (Å²) in [4.78, 5) is 25.8. The molecule has 9 heteroatoms. The standard InChI is InChI=1S/C34H53BrO8/c1-9-23(31-20(6)17-34(11-3,43-31)26-14-15-33(10-2,42-26)22(8)36)30(39)21(7)28(37)18(4)12-13-24-25(35)16-19(5)29(38)27(24)32(40)41/h16,18,20-23,26,28,31,36-38H,9-15,17H2,1-8H3,(H,40,41)/t18-,20+,21+,22-,23+,26-,28+,31+,33+,34+/m1/s1. The third-order valence-electron chi connectivity index (χ3n) is 10.7. The molecule has 1 aromatic carbocycles. The lowest BCUT2D eigenvalue weighted by Crippen LogP contribution is -2.47. The van der Waals surface area contributed by atoms with Crippen molar-refractivity contribution in [3.63, 3.8) is 0 Å². The average molecular weight is 670 g/mol. The molecule has 4 N–H and O–H groups in total. The first kappa shape index (κ1) is 36.0. The monoisotopic (exact) mass is 668 g/mol. The molecule has 10 atom stereocenters. The average Bonchev–Trinajstić information content (AvgIpc) is 3.56. The fraction of sp³-hybridized carbons (Fsp3) is 0.765. The number of hydrogen-bond acceptors (Lipinski definition) is 7. The quantitative estimate of drug-likeness (QED) is 0.174. The molecular weight excluding hydrogens is 616 g/mol. The molecule has 0 saturated carbocycles. The predicted octanol–water partition coefficient (Wildman–Crippen LogP) is 6.60. The maximum atomic E-state index is 13.9. The first-order valence-electron chi connectivity index (χ1n) is 16.1. The van der Waals surface area contributed by atoms with E-state index in [2.05, 4.69) is 29.8 Å². The Bertz CT molecular complexity index is 1150. The van der Waals surface area contributed by atoms with Crippen LogP contribution in [0.4, 0.5) is 0 Å². The van der Waals surface area contributed by atoms with E-state index in [1.807, 2.05) is 20.8 Å². The van der Waals surface area contributed by atoms with E-state index in [0.29, 0.717) is 34.9 Å². The molecule has 0 unspecified atom stereocenters. The predicted molar refractivity (Wildman–Crippen MR) is 169 cm³/mol. The van der Waals surface area contributed by atoms with E-state index < -0.39 is 35.3 Å². The van der Waals surface area contributed by atoms with Crippen LogP contribution in [0.1, 0.15) is 115 Å². The van der Waals surface area contributed by atoms with Gasteiger partial charge >= 0.3 is 5.97 Å². The van der Waals surface area contributed by atoms with Crippen molar-refractivity contribution in [2.24, 2.45) is 23.7 Å². The fourth-order valence-electron chi connectivity index (χ4n) is 7.66. The fourth-order valence-corrected chi connectivity index (χ4v) is 8.40. The van der Waals surface area contributed by atoms with Crippen LogP contribution >= 0.6 is 15.9 Å². The van der Waals surface area contributed by atoms with Gasteiger partial charge in [-0.3, -0.25) is 4.79 Å². The summed E-state index contributed by atoms with van der Waals surface area (Å²) < 4.78 is 14.0. The number of carbonyl (C=O) groups excluding carboxylic acids is 1. The number of aryl methyl sites for hydroxylation is 1. The van der Waals surface area contributed by atoms with Crippen LogP contribution in [0.15, 0.2) is 10.5 Å². The van der Waals surface area contributed by atoms with Gasteiger partial charge in [-0.1, -0.05) is 57.5 Å². The van der Waals surface area contributed by atoms with Gasteiger partial charge in [0.15, 0.2) is 0 Å². The maximum Gasteiger partial charge on any atom is 0.339 e. The SMILES string of the molecule is CC[C@@H](C(=O)[C@@H](C)[C@@H](O)[C@H](C)CCc1c(Br)cc(C)c(O)c1C(=O)O)[C@H]1O[C@](CC)([C@H]2CC[C@@](CC)([C@@H](C)O)O2)C[C@@H]1C. The molecule has 8 nitrogen and oxygen atoms in total. The zero-order valence-corrected chi connectivity index (χ0v) is 28.7. The van der Waals surface area contributed by atoms with E-state index in [4.69, 9.17) is 9.47 Å². The third kappa shape index (κ3) is 7.01. The van der Waals surface area contributed by atoms with Crippen LogP contribution < -0.4 is 0 Å². The normalized spacial score (nSPS) is 31.0. The van der Waals surface area contributed by atoms with E-state index in [9.17, 15) is 30.0 Å². The van der Waals surface area contributed by atoms with Crippen molar-refractivity contribution in [2.45, 2.75) is 142 Å². The largest absolute Gasteiger partial charge is 0.507 e. The number of ketones is 1. The Kier molecular flexibility index (Phi) is 11.9. The maximum absolute atomic E-state index is 13.9. The van der Waals surface area contributed by atoms with Crippen LogP contribution in [0, 0.1) is 30.6 Å². The highest BCUT2D eigenvalue weighted by Crippen LogP contribution is 2.50. The lowest BCUT2D eigenvalue weighted by Gasteiger charge is -2.38. The second-order valence-electron chi connectivity index (χ2n) is 13.3. The number of hydrogen-bond donors (Lipinski definition) is 4. The second kappa shape index (κ2) is 14.3. The minimum Gasteiger partial charge on any atom is -0.507 e. The van der Waals surface area contributed by atoms with Crippen LogP contribution in [0.5, 0.6) is 5.75 Å². The number of benzene rings is 1. The molecule has 2 saturated heterocycles. The number of carbonyl (C=O) groups is 2. The van der Waals surface area contributed by atoms with Gasteiger partial charge in [-0.05, 0) is 94.2 Å². The van der Waals surface area contributed by atoms with Gasteiger partial charge in [0.2, 0.25) is 0 Å². The summed E-state index contributed by atoms with van der Waals surface area (Å²) >= 11 is 3.44. The Morgan fingerprint density at radius 3 is 2.28 bits per heavy atom. The molecular formula is C34H53BrO8. The van der Waals surface area contributed by atoms with Crippen molar-refractivity contribution in [1.29, 1.82) is 0 Å². The minimum absolute atomic E-state index is 0.0229. The van der Waals surface area contributed by atoms with E-state index in [1.165, 1.54) is 0 Å². The van der Waals surface area contributed by atoms with Gasteiger partial charge in [-0.15, -0.1) is 0 Å². The van der Waals surface area contributed by atoms with Crippen molar-refractivity contribution >= 4 is 27.7 Å². The number of carboxylic acids is 1. The summed E-state index contributed by atoms with van der Waals surface area (Å²) in [5.74, 6) is -2.66. The lowest BCUT2D eigenvalue weighted by molar-refractivity contribution is -0.188. The topological polar surface area (TPSA) is 134 Å². The molecule has 0 amide bonds. The van der Waals surface area contributed by atoms with Crippen LogP contribution in [-0.2, 0) is 20.7 Å². The minimum atomic E-state index is -1.21. The van der Waals surface area contributed by atoms with Gasteiger partial charge < -0.3 is 29.9 Å². The summed E-state index contributed by atoms with van der Waals surface area (Å²) in [6.45, 7) is 15.3. The Morgan fingerprint density at radius 2 is 1.77 bits per heavy atom. The molecule has 2 fully saturated rings. The number of aliphatic hydroxyl groups is 2. The first-order valence-corrected chi connectivity index (χ1v) is 16.9. The van der Waals surface area contributed by atoms with Gasteiger partial charge in [0, 0.05) is 16.3 Å². The highest BCUT2D eigenvalue weighted by molar-refractivity contribution is 9.10. The molecule has 2 aliphatic heterocycles. The van der Waals surface area contributed by atoms with E-state index in [0.717, 1.165) is 32.1 Å². The molecule has 1 aromatic rings. The number of phenols is 1. The van der Waals surface area contributed by atoms with Gasteiger partial charge in [-0.2, -0.15) is 0 Å². The van der Waals surface area contributed by atoms with Gasteiger partial charge in [0.25, 0.3) is 0 Å². The number of carboxylic acid groups (broad SMARTS) is 1. The number of ether oxygens (including phenoxy) is 2. The van der Waals surface area contributed by atoms with Gasteiger partial charge in [0.05, 0.1) is 35.6 Å². The number of rotatable bonds is 14. The number of Topliss-reactive ketones (excluding diaryl/α,β-unsaturated/α-hetero) is 1. The first-order chi connectivity index (χ1) is 20.1. The Labute approximate surface area is 265 Å². The summed E-state index contributed by atoms with van der Waals surface area (Å²) in [6.07, 6.45) is 3.25. The third-order valence-corrected chi connectivity index (χ3v) is 11.4. The van der Waals surface area contributed by atoms with Crippen molar-refractivity contribution in [1.82, 2.24) is 0 Å². The highest BCUT2D eigenvalue weighted by Gasteiger charge is 2.57. The molecule has 0 aromatic heterocycles. The molecule has 244 valence electrons. The molecule has 43 heavy (non-hydrogen) atoms. The molecule has 2 aliphatic rings. The summed E-state index contributed by atoms with van der Waals surface area (Å²) in [7, 11) is 0.